The third-order valence-electron chi connectivity index (χ3n) is 4.13. The quantitative estimate of drug-likeness (QED) is 0.697. The summed E-state index contributed by atoms with van der Waals surface area (Å²) in [5.74, 6) is 1.49. The zero-order valence-electron chi connectivity index (χ0n) is 11.4. The van der Waals surface area contributed by atoms with Gasteiger partial charge < -0.3 is 0 Å². The van der Waals surface area contributed by atoms with Gasteiger partial charge in [0.15, 0.2) is 0 Å². The predicted molar refractivity (Wildman–Crippen MR) is 77.2 cm³/mol. The lowest BCUT2D eigenvalue weighted by atomic mass is 9.94. The van der Waals surface area contributed by atoms with Crippen LogP contribution in [0, 0.1) is 20.8 Å². The van der Waals surface area contributed by atoms with E-state index in [1.54, 1.807) is 5.56 Å². The number of rotatable bonds is 2. The molecule has 1 aliphatic rings. The van der Waals surface area contributed by atoms with Crippen LogP contribution < -0.4 is 0 Å². The first-order valence-corrected chi connectivity index (χ1v) is 6.79. The van der Waals surface area contributed by atoms with Crippen molar-refractivity contribution in [3.63, 3.8) is 0 Å². The maximum absolute atomic E-state index is 2.32. The van der Waals surface area contributed by atoms with Crippen LogP contribution in [0.2, 0.25) is 0 Å². The van der Waals surface area contributed by atoms with Gasteiger partial charge in [0.25, 0.3) is 0 Å². The van der Waals surface area contributed by atoms with Crippen LogP contribution in [-0.2, 0) is 0 Å². The van der Waals surface area contributed by atoms with Crippen LogP contribution in [0.3, 0.4) is 0 Å². The molecular formula is C18H20. The van der Waals surface area contributed by atoms with E-state index in [-0.39, 0.29) is 0 Å². The summed E-state index contributed by atoms with van der Waals surface area (Å²) in [6.45, 7) is 6.71. The minimum atomic E-state index is 0.742. The van der Waals surface area contributed by atoms with Crippen LogP contribution in [0.15, 0.2) is 42.5 Å². The lowest BCUT2D eigenvalue weighted by Crippen LogP contribution is -1.94. The molecule has 0 spiro atoms. The topological polar surface area (TPSA) is 0 Å². The van der Waals surface area contributed by atoms with Crippen molar-refractivity contribution in [2.75, 3.05) is 0 Å². The van der Waals surface area contributed by atoms with Gasteiger partial charge in [-0.1, -0.05) is 48.0 Å². The van der Waals surface area contributed by atoms with Gasteiger partial charge in [-0.3, -0.25) is 0 Å². The van der Waals surface area contributed by atoms with Crippen molar-refractivity contribution in [1.29, 1.82) is 0 Å². The fraction of sp³-hybridized carbons (Fsp3) is 0.333. The van der Waals surface area contributed by atoms with E-state index in [0.717, 1.165) is 11.8 Å². The Morgan fingerprint density at radius 1 is 0.833 bits per heavy atom. The molecule has 0 amide bonds. The summed E-state index contributed by atoms with van der Waals surface area (Å²) in [6, 6.07) is 15.6. The third-order valence-corrected chi connectivity index (χ3v) is 4.13. The molecule has 0 saturated heterocycles. The van der Waals surface area contributed by atoms with Gasteiger partial charge in [0.1, 0.15) is 0 Å². The molecule has 2 aromatic carbocycles. The van der Waals surface area contributed by atoms with Gasteiger partial charge in [-0.2, -0.15) is 0 Å². The molecule has 1 aliphatic carbocycles. The third kappa shape index (κ3) is 1.96. The van der Waals surface area contributed by atoms with Gasteiger partial charge in [0.05, 0.1) is 0 Å². The average Bonchev–Trinajstić information content (AvgIpc) is 3.09. The first kappa shape index (κ1) is 11.5. The van der Waals surface area contributed by atoms with E-state index in [2.05, 4.69) is 63.2 Å². The highest BCUT2D eigenvalue weighted by molar-refractivity contribution is 5.46. The van der Waals surface area contributed by atoms with Crippen molar-refractivity contribution in [1.82, 2.24) is 0 Å². The predicted octanol–water partition coefficient (Wildman–Crippen LogP) is 4.88. The number of benzene rings is 2. The number of hydrogen-bond donors (Lipinski definition) is 0. The van der Waals surface area contributed by atoms with E-state index in [0.29, 0.717) is 0 Å². The summed E-state index contributed by atoms with van der Waals surface area (Å²) >= 11 is 0. The van der Waals surface area contributed by atoms with Gasteiger partial charge >= 0.3 is 0 Å². The van der Waals surface area contributed by atoms with E-state index < -0.39 is 0 Å². The van der Waals surface area contributed by atoms with E-state index >= 15 is 0 Å². The molecule has 0 bridgehead atoms. The van der Waals surface area contributed by atoms with E-state index in [1.165, 1.54) is 28.7 Å². The Morgan fingerprint density at radius 3 is 2.06 bits per heavy atom. The van der Waals surface area contributed by atoms with Crippen molar-refractivity contribution >= 4 is 0 Å². The summed E-state index contributed by atoms with van der Waals surface area (Å²) in [6.07, 6.45) is 1.31. The SMILES string of the molecule is Cc1cc(C)c([C@@H]2C[C@@H]2c2ccccc2)c(C)c1. The minimum absolute atomic E-state index is 0.742. The molecular weight excluding hydrogens is 216 g/mol. The summed E-state index contributed by atoms with van der Waals surface area (Å²) in [5, 5.41) is 0. The van der Waals surface area contributed by atoms with Gasteiger partial charge in [0.2, 0.25) is 0 Å². The molecule has 0 unspecified atom stereocenters. The Hall–Kier alpha value is -1.56. The Balaban J connectivity index is 1.91. The van der Waals surface area contributed by atoms with Gasteiger partial charge in [-0.05, 0) is 61.3 Å². The van der Waals surface area contributed by atoms with E-state index in [1.807, 2.05) is 0 Å². The van der Waals surface area contributed by atoms with Crippen LogP contribution in [0.1, 0.15) is 46.1 Å². The smallest absolute Gasteiger partial charge is 0.00816 e. The number of aryl methyl sites for hydroxylation is 3. The lowest BCUT2D eigenvalue weighted by Gasteiger charge is -2.11. The summed E-state index contributed by atoms with van der Waals surface area (Å²) < 4.78 is 0. The Morgan fingerprint density at radius 2 is 1.44 bits per heavy atom. The molecule has 0 aromatic heterocycles. The molecule has 2 atom stereocenters. The first-order chi connectivity index (χ1) is 8.66. The van der Waals surface area contributed by atoms with Crippen molar-refractivity contribution in [2.24, 2.45) is 0 Å². The highest BCUT2D eigenvalue weighted by Crippen LogP contribution is 2.56. The molecule has 92 valence electrons. The molecule has 0 heterocycles. The summed E-state index contributed by atoms with van der Waals surface area (Å²) in [4.78, 5) is 0. The second-order valence-corrected chi connectivity index (χ2v) is 5.67. The highest BCUT2D eigenvalue weighted by Gasteiger charge is 2.40. The van der Waals surface area contributed by atoms with Gasteiger partial charge in [-0.15, -0.1) is 0 Å². The van der Waals surface area contributed by atoms with Crippen LogP contribution in [0.5, 0.6) is 0 Å². The molecule has 0 radical (unpaired) electrons. The zero-order valence-corrected chi connectivity index (χ0v) is 11.4. The fourth-order valence-electron chi connectivity index (χ4n) is 3.36. The average molecular weight is 236 g/mol. The molecule has 3 rings (SSSR count). The van der Waals surface area contributed by atoms with Crippen LogP contribution in [-0.4, -0.2) is 0 Å². The Labute approximate surface area is 110 Å². The highest BCUT2D eigenvalue weighted by atomic mass is 14.4. The monoisotopic (exact) mass is 236 g/mol. The van der Waals surface area contributed by atoms with Crippen molar-refractivity contribution < 1.29 is 0 Å². The molecule has 0 nitrogen and oxygen atoms in total. The minimum Gasteiger partial charge on any atom is -0.0622 e. The largest absolute Gasteiger partial charge is 0.0622 e. The molecule has 1 saturated carbocycles. The Kier molecular flexibility index (Phi) is 2.74. The van der Waals surface area contributed by atoms with Crippen molar-refractivity contribution in [3.8, 4) is 0 Å². The van der Waals surface area contributed by atoms with E-state index in [9.17, 15) is 0 Å². The maximum atomic E-state index is 2.32. The summed E-state index contributed by atoms with van der Waals surface area (Å²) in [5.41, 5.74) is 7.41. The maximum Gasteiger partial charge on any atom is -0.00816 e. The van der Waals surface area contributed by atoms with Crippen LogP contribution in [0.25, 0.3) is 0 Å². The van der Waals surface area contributed by atoms with Crippen LogP contribution >= 0.6 is 0 Å². The zero-order chi connectivity index (χ0) is 12.7. The molecule has 1 fully saturated rings. The standard InChI is InChI=1S/C18H20/c1-12-9-13(2)18(14(3)10-12)17-11-16(17)15-7-5-4-6-8-15/h4-10,16-17H,11H2,1-3H3/t16-,17-/m1/s1. The normalized spacial score (nSPS) is 21.9. The van der Waals surface area contributed by atoms with Crippen molar-refractivity contribution in [3.05, 3.63) is 70.3 Å². The first-order valence-electron chi connectivity index (χ1n) is 6.79. The second kappa shape index (κ2) is 4.28. The van der Waals surface area contributed by atoms with Crippen LogP contribution in [0.4, 0.5) is 0 Å². The van der Waals surface area contributed by atoms with Gasteiger partial charge in [0, 0.05) is 0 Å². The Bertz CT molecular complexity index is 543. The molecule has 0 heteroatoms. The van der Waals surface area contributed by atoms with Crippen molar-refractivity contribution in [2.45, 2.75) is 39.0 Å². The second-order valence-electron chi connectivity index (χ2n) is 5.67. The molecule has 0 aliphatic heterocycles. The summed E-state index contributed by atoms with van der Waals surface area (Å²) in [7, 11) is 0. The molecule has 2 aromatic rings. The lowest BCUT2D eigenvalue weighted by molar-refractivity contribution is 0.993. The van der Waals surface area contributed by atoms with E-state index in [4.69, 9.17) is 0 Å². The van der Waals surface area contributed by atoms with Gasteiger partial charge in [-0.25, -0.2) is 0 Å². The molecule has 0 N–H and O–H groups in total. The number of hydrogen-bond acceptors (Lipinski definition) is 0. The fourth-order valence-corrected chi connectivity index (χ4v) is 3.36. The molecule has 18 heavy (non-hydrogen) atoms.